The molecular formula is C14H16BrNOS. The minimum atomic E-state index is -0.337. The SMILES string of the molecule is OC(CNCc1cc(Br)cs1)Cc1ccccc1. The summed E-state index contributed by atoms with van der Waals surface area (Å²) in [6.45, 7) is 1.42. The zero-order valence-electron chi connectivity index (χ0n) is 9.97. The topological polar surface area (TPSA) is 32.3 Å². The fourth-order valence-corrected chi connectivity index (χ4v) is 3.19. The van der Waals surface area contributed by atoms with Gasteiger partial charge in [0.25, 0.3) is 0 Å². The summed E-state index contributed by atoms with van der Waals surface area (Å²) in [7, 11) is 0. The predicted molar refractivity (Wildman–Crippen MR) is 79.9 cm³/mol. The lowest BCUT2D eigenvalue weighted by Gasteiger charge is -2.11. The number of hydrogen-bond acceptors (Lipinski definition) is 3. The Hall–Kier alpha value is -0.680. The zero-order chi connectivity index (χ0) is 12.8. The van der Waals surface area contributed by atoms with Crippen molar-refractivity contribution in [2.24, 2.45) is 0 Å². The van der Waals surface area contributed by atoms with Crippen LogP contribution in [0.5, 0.6) is 0 Å². The average molecular weight is 326 g/mol. The molecule has 0 saturated heterocycles. The summed E-state index contributed by atoms with van der Waals surface area (Å²) in [5.74, 6) is 0. The molecule has 0 amide bonds. The lowest BCUT2D eigenvalue weighted by molar-refractivity contribution is 0.171. The van der Waals surface area contributed by atoms with Crippen LogP contribution in [0.3, 0.4) is 0 Å². The van der Waals surface area contributed by atoms with Gasteiger partial charge in [-0.3, -0.25) is 0 Å². The summed E-state index contributed by atoms with van der Waals surface area (Å²) < 4.78 is 1.12. The smallest absolute Gasteiger partial charge is 0.0704 e. The molecule has 0 radical (unpaired) electrons. The molecule has 4 heteroatoms. The van der Waals surface area contributed by atoms with Gasteiger partial charge in [-0.25, -0.2) is 0 Å². The fourth-order valence-electron chi connectivity index (χ4n) is 1.77. The van der Waals surface area contributed by atoms with E-state index in [0.29, 0.717) is 13.0 Å². The molecule has 1 atom stereocenters. The van der Waals surface area contributed by atoms with Crippen molar-refractivity contribution in [3.05, 3.63) is 56.7 Å². The maximum Gasteiger partial charge on any atom is 0.0704 e. The Morgan fingerprint density at radius 2 is 2.06 bits per heavy atom. The lowest BCUT2D eigenvalue weighted by Crippen LogP contribution is -2.27. The maximum atomic E-state index is 9.92. The van der Waals surface area contributed by atoms with E-state index in [1.165, 1.54) is 10.4 Å². The summed E-state index contributed by atoms with van der Waals surface area (Å²) >= 11 is 5.14. The quantitative estimate of drug-likeness (QED) is 0.854. The van der Waals surface area contributed by atoms with Crippen LogP contribution < -0.4 is 5.32 Å². The van der Waals surface area contributed by atoms with Crippen LogP contribution in [-0.4, -0.2) is 17.8 Å². The lowest BCUT2D eigenvalue weighted by atomic mass is 10.1. The third kappa shape index (κ3) is 4.53. The highest BCUT2D eigenvalue weighted by atomic mass is 79.9. The molecule has 0 bridgehead atoms. The van der Waals surface area contributed by atoms with Gasteiger partial charge >= 0.3 is 0 Å². The molecule has 96 valence electrons. The predicted octanol–water partition coefficient (Wildman–Crippen LogP) is 3.20. The Morgan fingerprint density at radius 1 is 1.28 bits per heavy atom. The third-order valence-electron chi connectivity index (χ3n) is 2.62. The Morgan fingerprint density at radius 3 is 2.72 bits per heavy atom. The summed E-state index contributed by atoms with van der Waals surface area (Å²) in [4.78, 5) is 1.27. The standard InChI is InChI=1S/C14H16BrNOS/c15-12-7-14(18-10-12)9-16-8-13(17)6-11-4-2-1-3-5-11/h1-5,7,10,13,16-17H,6,8-9H2. The molecule has 1 heterocycles. The number of aliphatic hydroxyl groups is 1. The second kappa shape index (κ2) is 7.04. The highest BCUT2D eigenvalue weighted by Crippen LogP contribution is 2.19. The Labute approximate surface area is 120 Å². The van der Waals surface area contributed by atoms with Gasteiger partial charge in [0.1, 0.15) is 0 Å². The van der Waals surface area contributed by atoms with Crippen LogP contribution in [0.25, 0.3) is 0 Å². The first kappa shape index (κ1) is 13.7. The molecular weight excluding hydrogens is 310 g/mol. The molecule has 2 rings (SSSR count). The van der Waals surface area contributed by atoms with Crippen molar-refractivity contribution in [2.75, 3.05) is 6.54 Å². The highest BCUT2D eigenvalue weighted by Gasteiger charge is 2.05. The summed E-state index contributed by atoms with van der Waals surface area (Å²) in [5, 5.41) is 15.3. The van der Waals surface area contributed by atoms with E-state index in [0.717, 1.165) is 11.0 Å². The van der Waals surface area contributed by atoms with Crippen LogP contribution in [0.2, 0.25) is 0 Å². The van der Waals surface area contributed by atoms with Gasteiger partial charge in [-0.05, 0) is 34.0 Å². The third-order valence-corrected chi connectivity index (χ3v) is 4.31. The van der Waals surface area contributed by atoms with Gasteiger partial charge in [0.2, 0.25) is 0 Å². The zero-order valence-corrected chi connectivity index (χ0v) is 12.4. The minimum Gasteiger partial charge on any atom is -0.391 e. The van der Waals surface area contributed by atoms with Crippen molar-refractivity contribution < 1.29 is 5.11 Å². The normalized spacial score (nSPS) is 12.6. The molecule has 0 saturated carbocycles. The number of halogens is 1. The summed E-state index contributed by atoms with van der Waals surface area (Å²) in [6, 6.07) is 12.2. The molecule has 1 unspecified atom stereocenters. The van der Waals surface area contributed by atoms with Crippen LogP contribution >= 0.6 is 27.3 Å². The first-order chi connectivity index (χ1) is 8.74. The monoisotopic (exact) mass is 325 g/mol. The maximum absolute atomic E-state index is 9.92. The Bertz CT molecular complexity index is 472. The molecule has 0 aliphatic carbocycles. The molecule has 1 aromatic carbocycles. The van der Waals surface area contributed by atoms with Crippen LogP contribution in [0, 0.1) is 0 Å². The first-order valence-electron chi connectivity index (χ1n) is 5.89. The van der Waals surface area contributed by atoms with Gasteiger partial charge in [-0.2, -0.15) is 0 Å². The van der Waals surface area contributed by atoms with Crippen LogP contribution in [0.4, 0.5) is 0 Å². The van der Waals surface area contributed by atoms with Gasteiger partial charge < -0.3 is 10.4 Å². The van der Waals surface area contributed by atoms with E-state index in [9.17, 15) is 5.11 Å². The van der Waals surface area contributed by atoms with Crippen LogP contribution in [-0.2, 0) is 13.0 Å². The van der Waals surface area contributed by atoms with Gasteiger partial charge in [0.15, 0.2) is 0 Å². The van der Waals surface area contributed by atoms with Gasteiger partial charge in [0.05, 0.1) is 6.10 Å². The molecule has 0 spiro atoms. The summed E-state index contributed by atoms with van der Waals surface area (Å²) in [6.07, 6.45) is 0.359. The average Bonchev–Trinajstić information content (AvgIpc) is 2.76. The molecule has 0 fully saturated rings. The first-order valence-corrected chi connectivity index (χ1v) is 7.57. The Balaban J connectivity index is 1.70. The number of nitrogens with one attached hydrogen (secondary N) is 1. The van der Waals surface area contributed by atoms with Crippen molar-refractivity contribution in [3.8, 4) is 0 Å². The molecule has 2 N–H and O–H groups in total. The molecule has 18 heavy (non-hydrogen) atoms. The fraction of sp³-hybridized carbons (Fsp3) is 0.286. The van der Waals surface area contributed by atoms with Crippen LogP contribution in [0.1, 0.15) is 10.4 Å². The molecule has 0 aliphatic rings. The second-order valence-corrected chi connectivity index (χ2v) is 6.12. The van der Waals surface area contributed by atoms with Crippen molar-refractivity contribution in [3.63, 3.8) is 0 Å². The van der Waals surface area contributed by atoms with E-state index in [1.54, 1.807) is 11.3 Å². The van der Waals surface area contributed by atoms with Crippen molar-refractivity contribution in [2.45, 2.75) is 19.1 Å². The van der Waals surface area contributed by atoms with Gasteiger partial charge in [0, 0.05) is 27.8 Å². The van der Waals surface area contributed by atoms with Gasteiger partial charge in [-0.1, -0.05) is 30.3 Å². The minimum absolute atomic E-state index is 0.337. The molecule has 2 aromatic rings. The number of thiophene rings is 1. The summed E-state index contributed by atoms with van der Waals surface area (Å²) in [5.41, 5.74) is 1.17. The van der Waals surface area contributed by atoms with Crippen molar-refractivity contribution in [1.82, 2.24) is 5.32 Å². The van der Waals surface area contributed by atoms with E-state index >= 15 is 0 Å². The number of benzene rings is 1. The second-order valence-electron chi connectivity index (χ2n) is 4.21. The van der Waals surface area contributed by atoms with Crippen molar-refractivity contribution >= 4 is 27.3 Å². The largest absolute Gasteiger partial charge is 0.391 e. The van der Waals surface area contributed by atoms with E-state index in [-0.39, 0.29) is 6.10 Å². The number of hydrogen-bond donors (Lipinski definition) is 2. The highest BCUT2D eigenvalue weighted by molar-refractivity contribution is 9.10. The molecule has 0 aliphatic heterocycles. The number of aliphatic hydroxyl groups excluding tert-OH is 1. The van der Waals surface area contributed by atoms with Crippen molar-refractivity contribution in [1.29, 1.82) is 0 Å². The van der Waals surface area contributed by atoms with E-state index in [4.69, 9.17) is 0 Å². The van der Waals surface area contributed by atoms with E-state index < -0.39 is 0 Å². The van der Waals surface area contributed by atoms with E-state index in [2.05, 4.69) is 32.7 Å². The van der Waals surface area contributed by atoms with E-state index in [1.807, 2.05) is 30.3 Å². The number of rotatable bonds is 6. The Kier molecular flexibility index (Phi) is 5.38. The van der Waals surface area contributed by atoms with Crippen LogP contribution in [0.15, 0.2) is 46.3 Å². The van der Waals surface area contributed by atoms with Gasteiger partial charge in [-0.15, -0.1) is 11.3 Å². The molecule has 1 aromatic heterocycles. The molecule has 2 nitrogen and oxygen atoms in total.